The highest BCUT2D eigenvalue weighted by Gasteiger charge is 2.27. The van der Waals surface area contributed by atoms with Crippen molar-refractivity contribution in [1.29, 1.82) is 0 Å². The highest BCUT2D eigenvalue weighted by molar-refractivity contribution is 9.10. The molecule has 1 aromatic carbocycles. The maximum Gasteiger partial charge on any atom is 0.267 e. The quantitative estimate of drug-likeness (QED) is 0.820. The van der Waals surface area contributed by atoms with Crippen LogP contribution in [0.5, 0.6) is 0 Å². The number of benzene rings is 1. The number of hydrogen-bond donors (Lipinski definition) is 1. The number of alkyl halides is 2. The summed E-state index contributed by atoms with van der Waals surface area (Å²) in [6.07, 6.45) is -2.94. The van der Waals surface area contributed by atoms with Gasteiger partial charge >= 0.3 is 0 Å². The second kappa shape index (κ2) is 6.58. The molecule has 0 saturated heterocycles. The zero-order chi connectivity index (χ0) is 15.7. The van der Waals surface area contributed by atoms with Crippen LogP contribution in [0, 0.1) is 5.82 Å². The molecular weight excluding hydrogens is 355 g/mol. The molecule has 2 nitrogen and oxygen atoms in total. The van der Waals surface area contributed by atoms with Gasteiger partial charge in [-0.25, -0.2) is 22.1 Å². The topological polar surface area (TPSA) is 29.1 Å². The SMILES string of the molecule is C[C@@H](NS(=O)C(C)(C)C)c1ccc(Br)c(F)c1C(F)F. The fourth-order valence-electron chi connectivity index (χ4n) is 1.58. The van der Waals surface area contributed by atoms with Crippen LogP contribution >= 0.6 is 15.9 Å². The van der Waals surface area contributed by atoms with Gasteiger partial charge in [0, 0.05) is 6.04 Å². The van der Waals surface area contributed by atoms with Gasteiger partial charge in [-0.3, -0.25) is 0 Å². The van der Waals surface area contributed by atoms with E-state index < -0.39 is 39.6 Å². The lowest BCUT2D eigenvalue weighted by Gasteiger charge is -2.23. The standard InChI is InChI=1S/C13H17BrF3NOS/c1-7(18-20(19)13(2,3)4)8-5-6-9(14)11(15)10(8)12(16)17/h5-7,12,18H,1-4H3/t7-,20?/m1/s1. The molecule has 0 radical (unpaired) electrons. The van der Waals surface area contributed by atoms with Gasteiger partial charge in [0.25, 0.3) is 6.43 Å². The molecule has 1 rings (SSSR count). The zero-order valence-corrected chi connectivity index (χ0v) is 14.0. The Morgan fingerprint density at radius 2 is 1.85 bits per heavy atom. The molecule has 1 aromatic rings. The summed E-state index contributed by atoms with van der Waals surface area (Å²) in [5.41, 5.74) is -0.552. The van der Waals surface area contributed by atoms with Crippen molar-refractivity contribution in [3.63, 3.8) is 0 Å². The normalized spacial score (nSPS) is 15.4. The van der Waals surface area contributed by atoms with E-state index in [-0.39, 0.29) is 10.0 Å². The van der Waals surface area contributed by atoms with Crippen molar-refractivity contribution in [1.82, 2.24) is 4.72 Å². The van der Waals surface area contributed by atoms with Crippen LogP contribution in [0.15, 0.2) is 16.6 Å². The Bertz CT molecular complexity index is 517. The van der Waals surface area contributed by atoms with Crippen molar-refractivity contribution in [2.24, 2.45) is 0 Å². The molecule has 0 heterocycles. The summed E-state index contributed by atoms with van der Waals surface area (Å²) >= 11 is 2.89. The molecule has 0 aliphatic rings. The molecule has 0 aliphatic carbocycles. The fourth-order valence-corrected chi connectivity index (χ4v) is 2.73. The molecule has 0 amide bonds. The maximum absolute atomic E-state index is 13.8. The van der Waals surface area contributed by atoms with Gasteiger partial charge in [-0.1, -0.05) is 6.07 Å². The van der Waals surface area contributed by atoms with Crippen LogP contribution in [0.4, 0.5) is 13.2 Å². The van der Waals surface area contributed by atoms with E-state index in [1.165, 1.54) is 12.1 Å². The molecular formula is C13H17BrF3NOS. The number of rotatable bonds is 4. The largest absolute Gasteiger partial charge is 0.267 e. The van der Waals surface area contributed by atoms with Crippen LogP contribution in [-0.2, 0) is 11.0 Å². The van der Waals surface area contributed by atoms with Crippen molar-refractivity contribution < 1.29 is 17.4 Å². The van der Waals surface area contributed by atoms with Crippen LogP contribution < -0.4 is 4.72 Å². The lowest BCUT2D eigenvalue weighted by atomic mass is 10.0. The molecule has 20 heavy (non-hydrogen) atoms. The predicted octanol–water partition coefficient (Wildman–Crippen LogP) is 4.64. The van der Waals surface area contributed by atoms with Gasteiger partial charge in [0.2, 0.25) is 0 Å². The minimum atomic E-state index is -2.94. The lowest BCUT2D eigenvalue weighted by molar-refractivity contribution is 0.144. The Hall–Kier alpha value is -0.400. The van der Waals surface area contributed by atoms with E-state index in [1.807, 2.05) is 0 Å². The molecule has 0 bridgehead atoms. The predicted molar refractivity (Wildman–Crippen MR) is 78.5 cm³/mol. The van der Waals surface area contributed by atoms with Gasteiger partial charge in [0.05, 0.1) is 25.8 Å². The third-order valence-electron chi connectivity index (χ3n) is 2.69. The van der Waals surface area contributed by atoms with Gasteiger partial charge in [-0.05, 0) is 55.3 Å². The Morgan fingerprint density at radius 1 is 1.30 bits per heavy atom. The van der Waals surface area contributed by atoms with Crippen LogP contribution in [0.2, 0.25) is 0 Å². The van der Waals surface area contributed by atoms with Crippen molar-refractivity contribution in [3.05, 3.63) is 33.5 Å². The molecule has 0 aromatic heterocycles. The van der Waals surface area contributed by atoms with Gasteiger partial charge in [-0.2, -0.15) is 0 Å². The van der Waals surface area contributed by atoms with E-state index in [0.29, 0.717) is 0 Å². The summed E-state index contributed by atoms with van der Waals surface area (Å²) in [5, 5.41) is 0. The summed E-state index contributed by atoms with van der Waals surface area (Å²) in [6, 6.07) is 2.13. The number of nitrogens with one attached hydrogen (secondary N) is 1. The molecule has 2 atom stereocenters. The van der Waals surface area contributed by atoms with Crippen LogP contribution in [-0.4, -0.2) is 8.96 Å². The number of halogens is 4. The summed E-state index contributed by atoms with van der Waals surface area (Å²) in [4.78, 5) is 0. The molecule has 0 spiro atoms. The van der Waals surface area contributed by atoms with Gasteiger partial charge < -0.3 is 0 Å². The second-order valence-electron chi connectivity index (χ2n) is 5.39. The molecule has 114 valence electrons. The van der Waals surface area contributed by atoms with Crippen LogP contribution in [0.25, 0.3) is 0 Å². The monoisotopic (exact) mass is 371 g/mol. The molecule has 7 heteroatoms. The first-order chi connectivity index (χ1) is 9.05. The number of hydrogen-bond acceptors (Lipinski definition) is 1. The average molecular weight is 372 g/mol. The van der Waals surface area contributed by atoms with E-state index in [2.05, 4.69) is 20.7 Å². The van der Waals surface area contributed by atoms with Gasteiger partial charge in [-0.15, -0.1) is 0 Å². The van der Waals surface area contributed by atoms with Crippen molar-refractivity contribution in [2.45, 2.75) is 44.9 Å². The highest BCUT2D eigenvalue weighted by atomic mass is 79.9. The Kier molecular flexibility index (Phi) is 5.80. The summed E-state index contributed by atoms with van der Waals surface area (Å²) in [7, 11) is -1.43. The molecule has 1 N–H and O–H groups in total. The summed E-state index contributed by atoms with van der Waals surface area (Å²) < 4.78 is 54.1. The Morgan fingerprint density at radius 3 is 2.30 bits per heavy atom. The Labute approximate surface area is 127 Å². The van der Waals surface area contributed by atoms with E-state index in [4.69, 9.17) is 0 Å². The summed E-state index contributed by atoms with van der Waals surface area (Å²) in [6.45, 7) is 6.87. The second-order valence-corrected chi connectivity index (χ2v) is 8.24. The lowest BCUT2D eigenvalue weighted by Crippen LogP contribution is -2.35. The average Bonchev–Trinajstić information content (AvgIpc) is 2.30. The maximum atomic E-state index is 13.8. The first kappa shape index (κ1) is 17.7. The molecule has 0 aliphatic heterocycles. The van der Waals surface area contributed by atoms with Gasteiger partial charge in [0.1, 0.15) is 5.82 Å². The van der Waals surface area contributed by atoms with E-state index in [9.17, 15) is 17.4 Å². The van der Waals surface area contributed by atoms with Crippen molar-refractivity contribution in [3.8, 4) is 0 Å². The van der Waals surface area contributed by atoms with E-state index >= 15 is 0 Å². The minimum Gasteiger partial charge on any atom is -0.242 e. The van der Waals surface area contributed by atoms with Crippen molar-refractivity contribution >= 4 is 26.9 Å². The smallest absolute Gasteiger partial charge is 0.242 e. The molecule has 0 fully saturated rings. The summed E-state index contributed by atoms with van der Waals surface area (Å²) in [5.74, 6) is -0.979. The highest BCUT2D eigenvalue weighted by Crippen LogP contribution is 2.33. The molecule has 0 saturated carbocycles. The first-order valence-corrected chi connectivity index (χ1v) is 7.94. The first-order valence-electron chi connectivity index (χ1n) is 5.99. The van der Waals surface area contributed by atoms with E-state index in [0.717, 1.165) is 0 Å². The Balaban J connectivity index is 3.14. The van der Waals surface area contributed by atoms with Crippen LogP contribution in [0.1, 0.15) is 51.3 Å². The third kappa shape index (κ3) is 4.05. The zero-order valence-electron chi connectivity index (χ0n) is 11.6. The van der Waals surface area contributed by atoms with Gasteiger partial charge in [0.15, 0.2) is 0 Å². The van der Waals surface area contributed by atoms with Crippen LogP contribution in [0.3, 0.4) is 0 Å². The third-order valence-corrected chi connectivity index (χ3v) is 4.98. The minimum absolute atomic E-state index is 0.0132. The molecule has 1 unspecified atom stereocenters. The van der Waals surface area contributed by atoms with E-state index in [1.54, 1.807) is 27.7 Å². The fraction of sp³-hybridized carbons (Fsp3) is 0.538. The van der Waals surface area contributed by atoms with Crippen molar-refractivity contribution in [2.75, 3.05) is 0 Å².